The fourth-order valence-corrected chi connectivity index (χ4v) is 2.09. The molecule has 7 nitrogen and oxygen atoms in total. The van der Waals surface area contributed by atoms with Crippen LogP contribution in [0.2, 0.25) is 0 Å². The third kappa shape index (κ3) is 2.41. The molecule has 0 radical (unpaired) electrons. The highest BCUT2D eigenvalue weighted by molar-refractivity contribution is 6.18. The number of benzodiazepines with no additional fused rings is 1. The second-order valence-electron chi connectivity index (χ2n) is 4.50. The third-order valence-electron chi connectivity index (χ3n) is 3.09. The molecule has 0 bridgehead atoms. The van der Waals surface area contributed by atoms with Crippen LogP contribution >= 0.6 is 0 Å². The number of aromatic nitrogens is 1. The highest BCUT2D eigenvalue weighted by Gasteiger charge is 2.27. The van der Waals surface area contributed by atoms with Gasteiger partial charge in [-0.2, -0.15) is 0 Å². The Hall–Kier alpha value is -3.16. The number of carbonyl (C=O) groups is 1. The largest absolute Gasteiger partial charge is 0.321 e. The summed E-state index contributed by atoms with van der Waals surface area (Å²) in [5, 5.41) is 13.3. The maximum absolute atomic E-state index is 13.8. The summed E-state index contributed by atoms with van der Waals surface area (Å²) < 4.78 is 13.8. The van der Waals surface area contributed by atoms with Gasteiger partial charge in [-0.15, -0.1) is 0 Å². The molecule has 0 saturated heterocycles. The molecule has 0 fully saturated rings. The van der Waals surface area contributed by atoms with E-state index in [0.29, 0.717) is 5.69 Å². The first-order valence-corrected chi connectivity index (χ1v) is 6.29. The summed E-state index contributed by atoms with van der Waals surface area (Å²) in [5.74, 6) is -0.930. The van der Waals surface area contributed by atoms with Gasteiger partial charge in [-0.1, -0.05) is 6.07 Å². The lowest BCUT2D eigenvalue weighted by Crippen LogP contribution is -2.21. The van der Waals surface area contributed by atoms with E-state index in [1.165, 1.54) is 24.4 Å². The number of halogens is 1. The lowest BCUT2D eigenvalue weighted by molar-refractivity contribution is -0.384. The van der Waals surface area contributed by atoms with Crippen LogP contribution in [0.15, 0.2) is 47.6 Å². The number of nitro groups is 1. The molecule has 1 aromatic heterocycles. The zero-order valence-electron chi connectivity index (χ0n) is 11.1. The van der Waals surface area contributed by atoms with Gasteiger partial charge >= 0.3 is 0 Å². The smallest absolute Gasteiger partial charge is 0.281 e. The van der Waals surface area contributed by atoms with Gasteiger partial charge in [0.05, 0.1) is 22.0 Å². The van der Waals surface area contributed by atoms with E-state index in [4.69, 9.17) is 0 Å². The van der Waals surface area contributed by atoms with Crippen LogP contribution in [0.25, 0.3) is 0 Å². The Kier molecular flexibility index (Phi) is 3.34. The quantitative estimate of drug-likeness (QED) is 0.521. The first kappa shape index (κ1) is 13.8. The van der Waals surface area contributed by atoms with Gasteiger partial charge in [0.15, 0.2) is 0 Å². The number of anilines is 1. The molecule has 0 saturated carbocycles. The molecule has 1 atom stereocenters. The molecule has 0 aliphatic carbocycles. The number of non-ortho nitro benzene ring substituents is 1. The fraction of sp³-hybridized carbons (Fsp3) is 0.0714. The molecule has 110 valence electrons. The van der Waals surface area contributed by atoms with Crippen molar-refractivity contribution in [1.82, 2.24) is 4.98 Å². The summed E-state index contributed by atoms with van der Waals surface area (Å²) in [4.78, 5) is 29.8. The Morgan fingerprint density at radius 2 is 2.09 bits per heavy atom. The molecule has 22 heavy (non-hydrogen) atoms. The number of alkyl halides is 1. The molecular weight excluding hydrogens is 291 g/mol. The topological polar surface area (TPSA) is 97.5 Å². The summed E-state index contributed by atoms with van der Waals surface area (Å²) >= 11 is 0. The number of nitrogens with one attached hydrogen (secondary N) is 1. The second-order valence-corrected chi connectivity index (χ2v) is 4.50. The molecule has 1 amide bonds. The Bertz CT molecular complexity index is 792. The summed E-state index contributed by atoms with van der Waals surface area (Å²) in [7, 11) is 0. The average Bonchev–Trinajstić information content (AvgIpc) is 2.65. The van der Waals surface area contributed by atoms with Crippen molar-refractivity contribution in [3.63, 3.8) is 0 Å². The molecule has 3 rings (SSSR count). The molecule has 1 aromatic carbocycles. The minimum Gasteiger partial charge on any atom is -0.321 e. The van der Waals surface area contributed by atoms with Crippen molar-refractivity contribution in [2.75, 3.05) is 5.32 Å². The van der Waals surface area contributed by atoms with Gasteiger partial charge < -0.3 is 5.32 Å². The van der Waals surface area contributed by atoms with Crippen molar-refractivity contribution in [1.29, 1.82) is 0 Å². The van der Waals surface area contributed by atoms with Crippen molar-refractivity contribution in [2.24, 2.45) is 4.99 Å². The van der Waals surface area contributed by atoms with E-state index in [1.807, 2.05) is 0 Å². The van der Waals surface area contributed by atoms with E-state index in [-0.39, 0.29) is 22.6 Å². The van der Waals surface area contributed by atoms with Crippen molar-refractivity contribution < 1.29 is 14.1 Å². The second kappa shape index (κ2) is 5.32. The van der Waals surface area contributed by atoms with Crippen LogP contribution in [0.3, 0.4) is 0 Å². The van der Waals surface area contributed by atoms with Crippen LogP contribution < -0.4 is 5.32 Å². The first-order chi connectivity index (χ1) is 10.6. The highest BCUT2D eigenvalue weighted by Crippen LogP contribution is 2.27. The maximum Gasteiger partial charge on any atom is 0.281 e. The normalized spacial score (nSPS) is 17.0. The van der Waals surface area contributed by atoms with Crippen LogP contribution in [0.4, 0.5) is 15.8 Å². The standard InChI is InChI=1S/C14H9FN4O3/c15-13-14(20)17-10-5-4-8(19(21)22)7-9(10)12(18-13)11-3-1-2-6-16-11/h1-7,13H,(H,17,20). The molecule has 1 aliphatic rings. The predicted molar refractivity (Wildman–Crippen MR) is 76.5 cm³/mol. The summed E-state index contributed by atoms with van der Waals surface area (Å²) in [6.45, 7) is 0. The third-order valence-corrected chi connectivity index (χ3v) is 3.09. The van der Waals surface area contributed by atoms with Crippen LogP contribution in [-0.2, 0) is 4.79 Å². The molecule has 0 spiro atoms. The van der Waals surface area contributed by atoms with E-state index in [1.54, 1.807) is 18.2 Å². The number of hydrogen-bond acceptors (Lipinski definition) is 5. The average molecular weight is 300 g/mol. The monoisotopic (exact) mass is 300 g/mol. The number of benzene rings is 1. The lowest BCUT2D eigenvalue weighted by atomic mass is 10.0. The van der Waals surface area contributed by atoms with Gasteiger partial charge in [0.25, 0.3) is 17.9 Å². The van der Waals surface area contributed by atoms with Gasteiger partial charge in [0.1, 0.15) is 0 Å². The number of nitrogens with zero attached hydrogens (tertiary/aromatic N) is 3. The van der Waals surface area contributed by atoms with Crippen LogP contribution in [0, 0.1) is 10.1 Å². The lowest BCUT2D eigenvalue weighted by Gasteiger charge is -2.08. The predicted octanol–water partition coefficient (Wildman–Crippen LogP) is 2.07. The molecular formula is C14H9FN4O3. The van der Waals surface area contributed by atoms with Gasteiger partial charge in [0, 0.05) is 23.9 Å². The first-order valence-electron chi connectivity index (χ1n) is 6.29. The summed E-state index contributed by atoms with van der Waals surface area (Å²) in [6, 6.07) is 8.75. The van der Waals surface area contributed by atoms with Gasteiger partial charge in [-0.3, -0.25) is 19.9 Å². The van der Waals surface area contributed by atoms with Crippen LogP contribution in [-0.4, -0.2) is 27.8 Å². The zero-order valence-corrected chi connectivity index (χ0v) is 11.1. The minimum atomic E-state index is -2.11. The summed E-state index contributed by atoms with van der Waals surface area (Å²) in [5.41, 5.74) is 0.726. The maximum atomic E-state index is 13.8. The number of aliphatic imine (C=N–C) groups is 1. The Balaban J connectivity index is 2.24. The molecule has 1 N–H and O–H groups in total. The highest BCUT2D eigenvalue weighted by atomic mass is 19.1. The Labute approximate surface area is 123 Å². The van der Waals surface area contributed by atoms with Crippen molar-refractivity contribution in [2.45, 2.75) is 6.30 Å². The van der Waals surface area contributed by atoms with E-state index >= 15 is 0 Å². The molecule has 2 aromatic rings. The van der Waals surface area contributed by atoms with E-state index in [0.717, 1.165) is 0 Å². The number of nitro benzene ring substituents is 1. The van der Waals surface area contributed by atoms with Gasteiger partial charge in [-0.05, 0) is 18.2 Å². The number of amides is 1. The van der Waals surface area contributed by atoms with E-state index < -0.39 is 17.1 Å². The molecule has 1 unspecified atom stereocenters. The number of hydrogen-bond donors (Lipinski definition) is 1. The van der Waals surface area contributed by atoms with Crippen molar-refractivity contribution in [3.8, 4) is 0 Å². The van der Waals surface area contributed by atoms with Gasteiger partial charge in [-0.25, -0.2) is 9.38 Å². The van der Waals surface area contributed by atoms with Gasteiger partial charge in [0.2, 0.25) is 0 Å². The molecule has 8 heteroatoms. The fourth-order valence-electron chi connectivity index (χ4n) is 2.09. The number of pyridine rings is 1. The Morgan fingerprint density at radius 1 is 1.27 bits per heavy atom. The van der Waals surface area contributed by atoms with Crippen molar-refractivity contribution >= 4 is 23.0 Å². The molecule has 1 aliphatic heterocycles. The molecule has 2 heterocycles. The zero-order chi connectivity index (χ0) is 15.7. The Morgan fingerprint density at radius 3 is 2.77 bits per heavy atom. The van der Waals surface area contributed by atoms with E-state index in [2.05, 4.69) is 15.3 Å². The number of carbonyl (C=O) groups excluding carboxylic acids is 1. The van der Waals surface area contributed by atoms with Crippen molar-refractivity contribution in [3.05, 3.63) is 64.0 Å². The minimum absolute atomic E-state index is 0.0881. The van der Waals surface area contributed by atoms with Crippen LogP contribution in [0.1, 0.15) is 11.3 Å². The van der Waals surface area contributed by atoms with E-state index in [9.17, 15) is 19.3 Å². The van der Waals surface area contributed by atoms with Crippen LogP contribution in [0.5, 0.6) is 0 Å². The number of rotatable bonds is 2. The SMILES string of the molecule is O=C1Nc2ccc([N+](=O)[O-])cc2C(c2ccccn2)=NC1F. The number of fused-ring (bicyclic) bond motifs is 1. The summed E-state index contributed by atoms with van der Waals surface area (Å²) in [6.07, 6.45) is -0.620.